The summed E-state index contributed by atoms with van der Waals surface area (Å²) in [4.78, 5) is 11.8. The molecule has 0 aliphatic rings. The number of ether oxygens (including phenoxy) is 1. The van der Waals surface area contributed by atoms with E-state index in [4.69, 9.17) is 4.74 Å². The summed E-state index contributed by atoms with van der Waals surface area (Å²) in [7, 11) is 0. The molecule has 1 rings (SSSR count). The molecular formula is C14H19F2NO2. The Balaban J connectivity index is 2.68. The summed E-state index contributed by atoms with van der Waals surface area (Å²) < 4.78 is 31.5. The fraction of sp³-hybridized carbons (Fsp3) is 0.500. The second-order valence-corrected chi connectivity index (χ2v) is 4.65. The number of likely N-dealkylation sites (N-methyl/N-ethyl adjacent to an activating group) is 1. The molecule has 0 radical (unpaired) electrons. The Morgan fingerprint density at radius 3 is 2.32 bits per heavy atom. The van der Waals surface area contributed by atoms with Crippen molar-refractivity contribution in [3.8, 4) is 0 Å². The lowest BCUT2D eigenvalue weighted by molar-refractivity contribution is -0.136. The maximum atomic E-state index is 13.0. The van der Waals surface area contributed by atoms with Crippen molar-refractivity contribution in [2.45, 2.75) is 33.5 Å². The van der Waals surface area contributed by atoms with Gasteiger partial charge in [0.15, 0.2) is 0 Å². The molecule has 1 aromatic carbocycles. The molecule has 1 N–H and O–H groups in total. The van der Waals surface area contributed by atoms with E-state index in [0.717, 1.165) is 6.07 Å². The van der Waals surface area contributed by atoms with E-state index in [1.54, 1.807) is 0 Å². The van der Waals surface area contributed by atoms with Crippen molar-refractivity contribution in [1.29, 1.82) is 0 Å². The van der Waals surface area contributed by atoms with Crippen molar-refractivity contribution in [2.75, 3.05) is 6.54 Å². The molecule has 0 saturated carbocycles. The minimum atomic E-state index is -0.655. The molecule has 1 unspecified atom stereocenters. The summed E-state index contributed by atoms with van der Waals surface area (Å²) in [5.41, 5.74) is 0.368. The maximum Gasteiger partial charge on any atom is 0.249 e. The van der Waals surface area contributed by atoms with Crippen molar-refractivity contribution >= 4 is 5.91 Å². The van der Waals surface area contributed by atoms with Crippen LogP contribution >= 0.6 is 0 Å². The van der Waals surface area contributed by atoms with Gasteiger partial charge in [-0.05, 0) is 30.5 Å². The highest BCUT2D eigenvalue weighted by atomic mass is 19.1. The van der Waals surface area contributed by atoms with Crippen LogP contribution in [0.15, 0.2) is 18.2 Å². The van der Waals surface area contributed by atoms with Crippen LogP contribution in [0.1, 0.15) is 26.3 Å². The third kappa shape index (κ3) is 4.95. The predicted molar refractivity (Wildman–Crippen MR) is 68.5 cm³/mol. The van der Waals surface area contributed by atoms with Gasteiger partial charge in [-0.1, -0.05) is 13.8 Å². The van der Waals surface area contributed by atoms with E-state index in [1.807, 2.05) is 20.8 Å². The van der Waals surface area contributed by atoms with Gasteiger partial charge in [-0.2, -0.15) is 0 Å². The largest absolute Gasteiger partial charge is 0.363 e. The monoisotopic (exact) mass is 271 g/mol. The Kier molecular flexibility index (Phi) is 5.89. The summed E-state index contributed by atoms with van der Waals surface area (Å²) in [5.74, 6) is -1.55. The number of rotatable bonds is 6. The molecule has 1 aromatic rings. The van der Waals surface area contributed by atoms with Crippen LogP contribution in [0.4, 0.5) is 8.78 Å². The molecule has 0 heterocycles. The summed E-state index contributed by atoms with van der Waals surface area (Å²) in [6.07, 6.45) is -0.633. The molecule has 0 aromatic heterocycles. The molecule has 0 fully saturated rings. The second kappa shape index (κ2) is 7.19. The van der Waals surface area contributed by atoms with E-state index < -0.39 is 17.7 Å². The SMILES string of the molecule is CCNC(=O)C(OCc1cc(F)cc(F)c1)C(C)C. The fourth-order valence-electron chi connectivity index (χ4n) is 1.73. The first-order valence-electron chi connectivity index (χ1n) is 6.28. The topological polar surface area (TPSA) is 38.3 Å². The Morgan fingerprint density at radius 1 is 1.26 bits per heavy atom. The molecule has 19 heavy (non-hydrogen) atoms. The molecule has 1 amide bonds. The molecule has 1 atom stereocenters. The highest BCUT2D eigenvalue weighted by molar-refractivity contribution is 5.80. The standard InChI is InChI=1S/C14H19F2NO2/c1-4-17-14(18)13(9(2)3)19-8-10-5-11(15)7-12(16)6-10/h5-7,9,13H,4,8H2,1-3H3,(H,17,18). The van der Waals surface area contributed by atoms with E-state index in [9.17, 15) is 13.6 Å². The number of hydrogen-bond donors (Lipinski definition) is 1. The summed E-state index contributed by atoms with van der Waals surface area (Å²) in [6.45, 7) is 6.03. The van der Waals surface area contributed by atoms with Gasteiger partial charge in [0.1, 0.15) is 17.7 Å². The van der Waals surface area contributed by atoms with Crippen molar-refractivity contribution in [3.63, 3.8) is 0 Å². The summed E-state index contributed by atoms with van der Waals surface area (Å²) in [5, 5.41) is 2.67. The highest BCUT2D eigenvalue weighted by Crippen LogP contribution is 2.13. The molecule has 0 aliphatic carbocycles. The lowest BCUT2D eigenvalue weighted by Gasteiger charge is -2.20. The Bertz CT molecular complexity index is 415. The van der Waals surface area contributed by atoms with Gasteiger partial charge in [0.05, 0.1) is 6.61 Å². The maximum absolute atomic E-state index is 13.0. The number of amides is 1. The summed E-state index contributed by atoms with van der Waals surface area (Å²) >= 11 is 0. The minimum Gasteiger partial charge on any atom is -0.363 e. The Morgan fingerprint density at radius 2 is 1.84 bits per heavy atom. The normalized spacial score (nSPS) is 12.5. The third-order valence-corrected chi connectivity index (χ3v) is 2.57. The van der Waals surface area contributed by atoms with Crippen LogP contribution < -0.4 is 5.32 Å². The number of benzene rings is 1. The van der Waals surface area contributed by atoms with E-state index in [2.05, 4.69) is 5.32 Å². The molecule has 0 saturated heterocycles. The first-order chi connectivity index (χ1) is 8.93. The van der Waals surface area contributed by atoms with Gasteiger partial charge in [0.2, 0.25) is 5.91 Å². The number of nitrogens with one attached hydrogen (secondary N) is 1. The van der Waals surface area contributed by atoms with Gasteiger partial charge in [0, 0.05) is 12.6 Å². The van der Waals surface area contributed by atoms with E-state index in [0.29, 0.717) is 12.1 Å². The number of carbonyl (C=O) groups excluding carboxylic acids is 1. The molecule has 3 nitrogen and oxygen atoms in total. The van der Waals surface area contributed by atoms with Crippen LogP contribution in [0.2, 0.25) is 0 Å². The number of hydrogen-bond acceptors (Lipinski definition) is 2. The van der Waals surface area contributed by atoms with Gasteiger partial charge in [0.25, 0.3) is 0 Å². The van der Waals surface area contributed by atoms with E-state index >= 15 is 0 Å². The van der Waals surface area contributed by atoms with Crippen LogP contribution in [-0.2, 0) is 16.1 Å². The van der Waals surface area contributed by atoms with E-state index in [1.165, 1.54) is 12.1 Å². The fourth-order valence-corrected chi connectivity index (χ4v) is 1.73. The average Bonchev–Trinajstić information content (AvgIpc) is 2.27. The van der Waals surface area contributed by atoms with Crippen molar-refractivity contribution < 1.29 is 18.3 Å². The van der Waals surface area contributed by atoms with E-state index in [-0.39, 0.29) is 18.4 Å². The molecule has 0 aliphatic heterocycles. The first kappa shape index (κ1) is 15.6. The number of halogens is 2. The van der Waals surface area contributed by atoms with Gasteiger partial charge < -0.3 is 10.1 Å². The molecule has 0 bridgehead atoms. The van der Waals surface area contributed by atoms with Gasteiger partial charge in [-0.15, -0.1) is 0 Å². The van der Waals surface area contributed by atoms with Gasteiger partial charge >= 0.3 is 0 Å². The van der Waals surface area contributed by atoms with Gasteiger partial charge in [-0.3, -0.25) is 4.79 Å². The van der Waals surface area contributed by atoms with Crippen LogP contribution in [0.25, 0.3) is 0 Å². The van der Waals surface area contributed by atoms with Crippen LogP contribution in [0.5, 0.6) is 0 Å². The summed E-state index contributed by atoms with van der Waals surface area (Å²) in [6, 6.07) is 3.18. The first-order valence-corrected chi connectivity index (χ1v) is 6.28. The predicted octanol–water partition coefficient (Wildman–Crippen LogP) is 2.64. The highest BCUT2D eigenvalue weighted by Gasteiger charge is 2.22. The zero-order valence-electron chi connectivity index (χ0n) is 11.4. The molecular weight excluding hydrogens is 252 g/mol. The lowest BCUT2D eigenvalue weighted by atomic mass is 10.1. The van der Waals surface area contributed by atoms with Crippen LogP contribution in [0, 0.1) is 17.6 Å². The Hall–Kier alpha value is -1.49. The molecule has 0 spiro atoms. The smallest absolute Gasteiger partial charge is 0.249 e. The zero-order valence-corrected chi connectivity index (χ0v) is 11.4. The van der Waals surface area contributed by atoms with Gasteiger partial charge in [-0.25, -0.2) is 8.78 Å². The average molecular weight is 271 g/mol. The van der Waals surface area contributed by atoms with Crippen molar-refractivity contribution in [2.24, 2.45) is 5.92 Å². The third-order valence-electron chi connectivity index (χ3n) is 2.57. The quantitative estimate of drug-likeness (QED) is 0.863. The molecule has 5 heteroatoms. The van der Waals surface area contributed by atoms with Crippen molar-refractivity contribution in [3.05, 3.63) is 35.4 Å². The zero-order chi connectivity index (χ0) is 14.4. The second-order valence-electron chi connectivity index (χ2n) is 4.65. The van der Waals surface area contributed by atoms with Crippen LogP contribution in [-0.4, -0.2) is 18.6 Å². The van der Waals surface area contributed by atoms with Crippen molar-refractivity contribution in [1.82, 2.24) is 5.32 Å². The number of carbonyl (C=O) groups is 1. The minimum absolute atomic E-state index is 0.00530. The lowest BCUT2D eigenvalue weighted by Crippen LogP contribution is -2.39. The Labute approximate surface area is 112 Å². The molecule has 106 valence electrons. The van der Waals surface area contributed by atoms with Crippen LogP contribution in [0.3, 0.4) is 0 Å².